The third-order valence-corrected chi connectivity index (χ3v) is 3.19. The summed E-state index contributed by atoms with van der Waals surface area (Å²) in [5.74, 6) is -2.30. The predicted molar refractivity (Wildman–Crippen MR) is 79.7 cm³/mol. The standard InChI is InChI=1S/C16H17NO5/c18-7-6-17(10-11-4-2-1-3-5-11)16(22)12-8-13(19)15(21)14(20)9-12/h1-5,8-9,18-21H,6-7,10H2. The summed E-state index contributed by atoms with van der Waals surface area (Å²) in [6.45, 7) is 0.174. The van der Waals surface area contributed by atoms with E-state index in [0.29, 0.717) is 0 Å². The highest BCUT2D eigenvalue weighted by Gasteiger charge is 2.19. The lowest BCUT2D eigenvalue weighted by Gasteiger charge is -2.22. The summed E-state index contributed by atoms with van der Waals surface area (Å²) >= 11 is 0. The van der Waals surface area contributed by atoms with Crippen LogP contribution < -0.4 is 0 Å². The van der Waals surface area contributed by atoms with Crippen LogP contribution in [0.1, 0.15) is 15.9 Å². The van der Waals surface area contributed by atoms with E-state index < -0.39 is 23.2 Å². The van der Waals surface area contributed by atoms with E-state index in [1.165, 1.54) is 4.90 Å². The smallest absolute Gasteiger partial charge is 0.254 e. The molecule has 0 unspecified atom stereocenters. The number of carbonyl (C=O) groups is 1. The van der Waals surface area contributed by atoms with Gasteiger partial charge in [-0.3, -0.25) is 4.79 Å². The summed E-state index contributed by atoms with van der Waals surface area (Å²) < 4.78 is 0. The Labute approximate surface area is 127 Å². The number of benzene rings is 2. The lowest BCUT2D eigenvalue weighted by atomic mass is 10.1. The van der Waals surface area contributed by atoms with Crippen molar-refractivity contribution in [2.75, 3.05) is 13.2 Å². The second kappa shape index (κ2) is 6.82. The van der Waals surface area contributed by atoms with Gasteiger partial charge in [-0.25, -0.2) is 0 Å². The lowest BCUT2D eigenvalue weighted by Crippen LogP contribution is -2.33. The monoisotopic (exact) mass is 303 g/mol. The van der Waals surface area contributed by atoms with E-state index >= 15 is 0 Å². The molecule has 0 aliphatic carbocycles. The van der Waals surface area contributed by atoms with Gasteiger partial charge in [0.1, 0.15) is 0 Å². The van der Waals surface area contributed by atoms with E-state index in [-0.39, 0.29) is 25.3 Å². The third-order valence-electron chi connectivity index (χ3n) is 3.19. The van der Waals surface area contributed by atoms with Crippen LogP contribution in [0.15, 0.2) is 42.5 Å². The molecule has 0 aromatic heterocycles. The van der Waals surface area contributed by atoms with Gasteiger partial charge >= 0.3 is 0 Å². The van der Waals surface area contributed by atoms with Crippen LogP contribution in [-0.2, 0) is 6.54 Å². The fraction of sp³-hybridized carbons (Fsp3) is 0.188. The summed E-state index contributed by atoms with van der Waals surface area (Å²) in [5, 5.41) is 37.5. The van der Waals surface area contributed by atoms with E-state index in [1.807, 2.05) is 30.3 Å². The minimum atomic E-state index is -0.673. The Morgan fingerprint density at radius 2 is 1.59 bits per heavy atom. The van der Waals surface area contributed by atoms with E-state index in [9.17, 15) is 20.1 Å². The number of aromatic hydroxyl groups is 3. The lowest BCUT2D eigenvalue weighted by molar-refractivity contribution is 0.0707. The first-order chi connectivity index (χ1) is 10.5. The molecular weight excluding hydrogens is 286 g/mol. The zero-order chi connectivity index (χ0) is 16.1. The molecule has 0 saturated heterocycles. The van der Waals surface area contributed by atoms with Crippen LogP contribution in [0.25, 0.3) is 0 Å². The molecule has 116 valence electrons. The molecule has 0 fully saturated rings. The number of carbonyl (C=O) groups excluding carboxylic acids is 1. The predicted octanol–water partition coefficient (Wildman–Crippen LogP) is 1.44. The first kappa shape index (κ1) is 15.7. The van der Waals surface area contributed by atoms with Crippen LogP contribution in [0.2, 0.25) is 0 Å². The molecule has 4 N–H and O–H groups in total. The largest absolute Gasteiger partial charge is 0.504 e. The average Bonchev–Trinajstić information content (AvgIpc) is 2.52. The van der Waals surface area contributed by atoms with Crippen LogP contribution in [0, 0.1) is 0 Å². The molecule has 0 bridgehead atoms. The number of phenols is 3. The van der Waals surface area contributed by atoms with Crippen LogP contribution in [0.4, 0.5) is 0 Å². The Morgan fingerprint density at radius 3 is 2.14 bits per heavy atom. The zero-order valence-electron chi connectivity index (χ0n) is 11.8. The van der Waals surface area contributed by atoms with Crippen molar-refractivity contribution in [2.45, 2.75) is 6.54 Å². The second-order valence-corrected chi connectivity index (χ2v) is 4.80. The maximum absolute atomic E-state index is 12.5. The molecule has 0 aliphatic rings. The molecule has 0 aliphatic heterocycles. The minimum absolute atomic E-state index is 0.0252. The number of amides is 1. The highest BCUT2D eigenvalue weighted by molar-refractivity contribution is 5.95. The van der Waals surface area contributed by atoms with E-state index in [2.05, 4.69) is 0 Å². The third kappa shape index (κ3) is 3.48. The Balaban J connectivity index is 2.26. The number of aliphatic hydroxyl groups excluding tert-OH is 1. The van der Waals surface area contributed by atoms with Gasteiger partial charge in [0, 0.05) is 18.7 Å². The Kier molecular flexibility index (Phi) is 4.85. The van der Waals surface area contributed by atoms with Crippen molar-refractivity contribution in [3.8, 4) is 17.2 Å². The highest BCUT2D eigenvalue weighted by atomic mass is 16.3. The summed E-state index contributed by atoms with van der Waals surface area (Å²) in [7, 11) is 0. The topological polar surface area (TPSA) is 101 Å². The second-order valence-electron chi connectivity index (χ2n) is 4.80. The van der Waals surface area contributed by atoms with Crippen LogP contribution in [-0.4, -0.2) is 44.4 Å². The number of phenolic OH excluding ortho intramolecular Hbond substituents is 3. The molecule has 0 atom stereocenters. The van der Waals surface area contributed by atoms with Gasteiger partial charge in [-0.2, -0.15) is 0 Å². The average molecular weight is 303 g/mol. The number of aliphatic hydroxyl groups is 1. The number of rotatable bonds is 5. The Morgan fingerprint density at radius 1 is 1.00 bits per heavy atom. The summed E-state index contributed by atoms with van der Waals surface area (Å²) in [6.07, 6.45) is 0. The fourth-order valence-electron chi connectivity index (χ4n) is 2.09. The molecule has 0 heterocycles. The van der Waals surface area contributed by atoms with Gasteiger partial charge in [-0.15, -0.1) is 0 Å². The fourth-order valence-corrected chi connectivity index (χ4v) is 2.09. The zero-order valence-corrected chi connectivity index (χ0v) is 11.8. The molecule has 6 nitrogen and oxygen atoms in total. The van der Waals surface area contributed by atoms with Crippen LogP contribution >= 0.6 is 0 Å². The first-order valence-electron chi connectivity index (χ1n) is 6.72. The highest BCUT2D eigenvalue weighted by Crippen LogP contribution is 2.35. The van der Waals surface area contributed by atoms with Crippen molar-refractivity contribution in [3.63, 3.8) is 0 Å². The van der Waals surface area contributed by atoms with E-state index in [0.717, 1.165) is 17.7 Å². The molecule has 0 spiro atoms. The maximum atomic E-state index is 12.5. The van der Waals surface area contributed by atoms with Gasteiger partial charge in [0.2, 0.25) is 0 Å². The molecule has 22 heavy (non-hydrogen) atoms. The van der Waals surface area contributed by atoms with E-state index in [4.69, 9.17) is 5.11 Å². The molecule has 0 radical (unpaired) electrons. The van der Waals surface area contributed by atoms with Crippen molar-refractivity contribution in [2.24, 2.45) is 0 Å². The van der Waals surface area contributed by atoms with Crippen LogP contribution in [0.5, 0.6) is 17.2 Å². The van der Waals surface area contributed by atoms with Gasteiger partial charge in [-0.1, -0.05) is 30.3 Å². The van der Waals surface area contributed by atoms with Crippen molar-refractivity contribution >= 4 is 5.91 Å². The molecular formula is C16H17NO5. The van der Waals surface area contributed by atoms with Crippen molar-refractivity contribution in [3.05, 3.63) is 53.6 Å². The van der Waals surface area contributed by atoms with Crippen molar-refractivity contribution in [1.29, 1.82) is 0 Å². The summed E-state index contributed by atoms with van der Waals surface area (Å²) in [5.41, 5.74) is 0.911. The van der Waals surface area contributed by atoms with Crippen LogP contribution in [0.3, 0.4) is 0 Å². The molecule has 2 aromatic rings. The quantitative estimate of drug-likeness (QED) is 0.626. The first-order valence-corrected chi connectivity index (χ1v) is 6.72. The summed E-state index contributed by atoms with van der Waals surface area (Å²) in [6, 6.07) is 11.4. The van der Waals surface area contributed by atoms with Crippen molar-refractivity contribution in [1.82, 2.24) is 4.90 Å². The maximum Gasteiger partial charge on any atom is 0.254 e. The number of hydrogen-bond donors (Lipinski definition) is 4. The Bertz CT molecular complexity index is 634. The minimum Gasteiger partial charge on any atom is -0.504 e. The Hall–Kier alpha value is -2.73. The SMILES string of the molecule is O=C(c1cc(O)c(O)c(O)c1)N(CCO)Cc1ccccc1. The normalized spacial score (nSPS) is 10.4. The van der Waals surface area contributed by atoms with Gasteiger partial charge in [-0.05, 0) is 17.7 Å². The van der Waals surface area contributed by atoms with Gasteiger partial charge in [0.05, 0.1) is 6.61 Å². The molecule has 2 rings (SSSR count). The molecule has 6 heteroatoms. The van der Waals surface area contributed by atoms with Gasteiger partial charge < -0.3 is 25.3 Å². The number of nitrogens with zero attached hydrogens (tertiary/aromatic N) is 1. The summed E-state index contributed by atoms with van der Waals surface area (Å²) in [4.78, 5) is 13.9. The molecule has 2 aromatic carbocycles. The van der Waals surface area contributed by atoms with Gasteiger partial charge in [0.25, 0.3) is 5.91 Å². The van der Waals surface area contributed by atoms with Crippen molar-refractivity contribution < 1.29 is 25.2 Å². The molecule has 0 saturated carbocycles. The molecule has 1 amide bonds. The van der Waals surface area contributed by atoms with E-state index in [1.54, 1.807) is 0 Å². The van der Waals surface area contributed by atoms with Gasteiger partial charge in [0.15, 0.2) is 17.2 Å². The number of hydrogen-bond acceptors (Lipinski definition) is 5.